The van der Waals surface area contributed by atoms with Gasteiger partial charge in [0.25, 0.3) is 0 Å². The maximum absolute atomic E-state index is 12.3. The van der Waals surface area contributed by atoms with E-state index in [-0.39, 0.29) is 24.8 Å². The smallest absolute Gasteiger partial charge is 0.311 e. The van der Waals surface area contributed by atoms with Crippen molar-refractivity contribution in [2.75, 3.05) is 30.4 Å². The number of hydrogen-bond acceptors (Lipinski definition) is 6. The standard InChI is InChI=1S/C19H25N3O3S/c1-5-25-18(24)10-15-12-26-19(20-15)21-17(23)11-22(4)16-8-6-7-14(9-16)13(2)3/h6-9,12-13H,5,10-11H2,1-4H3,(H,20,21,23). The third-order valence-electron chi connectivity index (χ3n) is 3.79. The minimum Gasteiger partial charge on any atom is -0.466 e. The molecule has 6 nitrogen and oxygen atoms in total. The molecule has 0 unspecified atom stereocenters. The van der Waals surface area contributed by atoms with Gasteiger partial charge in [-0.1, -0.05) is 26.0 Å². The Balaban J connectivity index is 1.91. The monoisotopic (exact) mass is 375 g/mol. The van der Waals surface area contributed by atoms with Gasteiger partial charge in [-0.05, 0) is 30.5 Å². The van der Waals surface area contributed by atoms with Crippen molar-refractivity contribution in [1.82, 2.24) is 4.98 Å². The van der Waals surface area contributed by atoms with Crippen LogP contribution in [0, 0.1) is 0 Å². The molecular weight excluding hydrogens is 350 g/mol. The van der Waals surface area contributed by atoms with Crippen molar-refractivity contribution in [2.24, 2.45) is 0 Å². The summed E-state index contributed by atoms with van der Waals surface area (Å²) in [7, 11) is 1.88. The molecule has 0 aliphatic carbocycles. The quantitative estimate of drug-likeness (QED) is 0.716. The summed E-state index contributed by atoms with van der Waals surface area (Å²) in [4.78, 5) is 29.9. The summed E-state index contributed by atoms with van der Waals surface area (Å²) < 4.78 is 4.90. The van der Waals surface area contributed by atoms with Crippen LogP contribution in [0.15, 0.2) is 29.6 Å². The normalized spacial score (nSPS) is 10.7. The summed E-state index contributed by atoms with van der Waals surface area (Å²) in [5, 5.41) is 5.02. The molecule has 0 saturated carbocycles. The zero-order valence-electron chi connectivity index (χ0n) is 15.6. The number of aromatic nitrogens is 1. The van der Waals surface area contributed by atoms with Crippen LogP contribution in [0.1, 0.15) is 37.9 Å². The fraction of sp³-hybridized carbons (Fsp3) is 0.421. The molecule has 1 heterocycles. The van der Waals surface area contributed by atoms with E-state index in [1.165, 1.54) is 16.9 Å². The van der Waals surface area contributed by atoms with Crippen LogP contribution in [0.25, 0.3) is 0 Å². The first kappa shape index (κ1) is 19.9. The Kier molecular flexibility index (Phi) is 7.15. The van der Waals surface area contributed by atoms with Crippen molar-refractivity contribution >= 4 is 34.0 Å². The first-order valence-electron chi connectivity index (χ1n) is 8.60. The molecule has 2 rings (SSSR count). The van der Waals surface area contributed by atoms with Crippen molar-refractivity contribution in [2.45, 2.75) is 33.1 Å². The largest absolute Gasteiger partial charge is 0.466 e. The van der Waals surface area contributed by atoms with E-state index in [0.717, 1.165) is 5.69 Å². The third kappa shape index (κ3) is 5.84. The predicted octanol–water partition coefficient (Wildman–Crippen LogP) is 3.45. The molecule has 0 aliphatic rings. The van der Waals surface area contributed by atoms with E-state index in [4.69, 9.17) is 4.74 Å². The molecular formula is C19H25N3O3S. The number of carbonyl (C=O) groups is 2. The molecule has 0 spiro atoms. The Labute approximate surface area is 158 Å². The van der Waals surface area contributed by atoms with Gasteiger partial charge >= 0.3 is 5.97 Å². The number of amides is 1. The fourth-order valence-electron chi connectivity index (χ4n) is 2.39. The van der Waals surface area contributed by atoms with E-state index >= 15 is 0 Å². The van der Waals surface area contributed by atoms with Gasteiger partial charge in [-0.25, -0.2) is 4.98 Å². The number of likely N-dealkylation sites (N-methyl/N-ethyl adjacent to an activating group) is 1. The van der Waals surface area contributed by atoms with Crippen LogP contribution in [-0.4, -0.2) is 37.1 Å². The van der Waals surface area contributed by atoms with Crippen molar-refractivity contribution in [3.05, 3.63) is 40.9 Å². The zero-order chi connectivity index (χ0) is 19.1. The molecule has 0 bridgehead atoms. The molecule has 0 atom stereocenters. The molecule has 0 fully saturated rings. The average molecular weight is 375 g/mol. The Hall–Kier alpha value is -2.41. The van der Waals surface area contributed by atoms with Gasteiger partial charge < -0.3 is 15.0 Å². The summed E-state index contributed by atoms with van der Waals surface area (Å²) in [6.07, 6.45) is 0.113. The lowest BCUT2D eigenvalue weighted by molar-refractivity contribution is -0.142. The number of carbonyl (C=O) groups excluding carboxylic acids is 2. The van der Waals surface area contributed by atoms with E-state index in [1.807, 2.05) is 24.1 Å². The lowest BCUT2D eigenvalue weighted by atomic mass is 10.0. The van der Waals surface area contributed by atoms with E-state index < -0.39 is 0 Å². The molecule has 7 heteroatoms. The second-order valence-electron chi connectivity index (χ2n) is 6.28. The zero-order valence-corrected chi connectivity index (χ0v) is 16.4. The molecule has 1 N–H and O–H groups in total. The Morgan fingerprint density at radius 3 is 2.81 bits per heavy atom. The molecule has 0 saturated heterocycles. The summed E-state index contributed by atoms with van der Waals surface area (Å²) in [6, 6.07) is 8.17. The number of thiazole rings is 1. The Bertz CT molecular complexity index is 758. The highest BCUT2D eigenvalue weighted by atomic mass is 32.1. The van der Waals surface area contributed by atoms with Gasteiger partial charge in [0, 0.05) is 18.1 Å². The van der Waals surface area contributed by atoms with Crippen LogP contribution in [0.4, 0.5) is 10.8 Å². The van der Waals surface area contributed by atoms with Gasteiger partial charge in [0.05, 0.1) is 25.3 Å². The van der Waals surface area contributed by atoms with Crippen LogP contribution >= 0.6 is 11.3 Å². The Morgan fingerprint density at radius 2 is 2.12 bits per heavy atom. The summed E-state index contributed by atoms with van der Waals surface area (Å²) >= 11 is 1.30. The van der Waals surface area contributed by atoms with Gasteiger partial charge in [0.2, 0.25) is 5.91 Å². The van der Waals surface area contributed by atoms with E-state index in [1.54, 1.807) is 12.3 Å². The number of rotatable bonds is 8. The van der Waals surface area contributed by atoms with Crippen LogP contribution in [-0.2, 0) is 20.7 Å². The second-order valence-corrected chi connectivity index (χ2v) is 7.14. The maximum Gasteiger partial charge on any atom is 0.311 e. The van der Waals surface area contributed by atoms with Crippen LogP contribution in [0.2, 0.25) is 0 Å². The highest BCUT2D eigenvalue weighted by molar-refractivity contribution is 7.13. The lowest BCUT2D eigenvalue weighted by Crippen LogP contribution is -2.30. The van der Waals surface area contributed by atoms with Gasteiger partial charge in [-0.2, -0.15) is 0 Å². The number of ether oxygens (including phenoxy) is 1. The van der Waals surface area contributed by atoms with Gasteiger partial charge in [0.1, 0.15) is 0 Å². The summed E-state index contributed by atoms with van der Waals surface area (Å²) in [5.74, 6) is -0.0368. The van der Waals surface area contributed by atoms with E-state index in [0.29, 0.717) is 23.4 Å². The lowest BCUT2D eigenvalue weighted by Gasteiger charge is -2.20. The number of benzene rings is 1. The average Bonchev–Trinajstić information content (AvgIpc) is 3.01. The molecule has 26 heavy (non-hydrogen) atoms. The highest BCUT2D eigenvalue weighted by Crippen LogP contribution is 2.21. The molecule has 140 valence electrons. The van der Waals surface area contributed by atoms with Gasteiger partial charge in [-0.15, -0.1) is 11.3 Å². The first-order valence-corrected chi connectivity index (χ1v) is 9.48. The minimum atomic E-state index is -0.319. The Morgan fingerprint density at radius 1 is 1.35 bits per heavy atom. The summed E-state index contributed by atoms with van der Waals surface area (Å²) in [5.41, 5.74) is 2.83. The van der Waals surface area contributed by atoms with Gasteiger partial charge in [-0.3, -0.25) is 9.59 Å². The van der Waals surface area contributed by atoms with Crippen LogP contribution < -0.4 is 10.2 Å². The predicted molar refractivity (Wildman–Crippen MR) is 105 cm³/mol. The fourth-order valence-corrected chi connectivity index (χ4v) is 3.12. The van der Waals surface area contributed by atoms with Crippen molar-refractivity contribution in [1.29, 1.82) is 0 Å². The number of anilines is 2. The number of hydrogen-bond donors (Lipinski definition) is 1. The molecule has 1 aromatic heterocycles. The van der Waals surface area contributed by atoms with Crippen molar-refractivity contribution in [3.8, 4) is 0 Å². The molecule has 1 amide bonds. The van der Waals surface area contributed by atoms with Crippen molar-refractivity contribution in [3.63, 3.8) is 0 Å². The first-order chi connectivity index (χ1) is 12.4. The van der Waals surface area contributed by atoms with Crippen LogP contribution in [0.3, 0.4) is 0 Å². The maximum atomic E-state index is 12.3. The van der Waals surface area contributed by atoms with Crippen LogP contribution in [0.5, 0.6) is 0 Å². The summed E-state index contributed by atoms with van der Waals surface area (Å²) in [6.45, 7) is 6.60. The molecule has 0 radical (unpaired) electrons. The number of nitrogens with zero attached hydrogens (tertiary/aromatic N) is 2. The highest BCUT2D eigenvalue weighted by Gasteiger charge is 2.13. The minimum absolute atomic E-state index is 0.113. The number of esters is 1. The SMILES string of the molecule is CCOC(=O)Cc1csc(NC(=O)CN(C)c2cccc(C(C)C)c2)n1. The second kappa shape index (κ2) is 9.33. The molecule has 2 aromatic rings. The van der Waals surface area contributed by atoms with E-state index in [2.05, 4.69) is 36.3 Å². The van der Waals surface area contributed by atoms with Crippen molar-refractivity contribution < 1.29 is 14.3 Å². The van der Waals surface area contributed by atoms with E-state index in [9.17, 15) is 9.59 Å². The number of nitrogens with one attached hydrogen (secondary N) is 1. The molecule has 0 aliphatic heterocycles. The third-order valence-corrected chi connectivity index (χ3v) is 4.59. The molecule has 1 aromatic carbocycles. The van der Waals surface area contributed by atoms with Gasteiger partial charge in [0.15, 0.2) is 5.13 Å². The topological polar surface area (TPSA) is 71.5 Å².